The van der Waals surface area contributed by atoms with E-state index < -0.39 is 10.0 Å². The van der Waals surface area contributed by atoms with Gasteiger partial charge >= 0.3 is 0 Å². The molecule has 2 aliphatic rings. The fraction of sp³-hybridized carbons (Fsp3) is 0.611. The second-order valence-electron chi connectivity index (χ2n) is 6.97. The van der Waals surface area contributed by atoms with Crippen LogP contribution in [0.1, 0.15) is 30.4 Å². The van der Waals surface area contributed by atoms with Gasteiger partial charge in [-0.3, -0.25) is 4.79 Å². The maximum atomic E-state index is 13.1. The van der Waals surface area contributed by atoms with Gasteiger partial charge in [-0.1, -0.05) is 12.5 Å². The Balaban J connectivity index is 1.77. The van der Waals surface area contributed by atoms with E-state index in [-0.39, 0.29) is 16.7 Å². The molecule has 0 spiro atoms. The van der Waals surface area contributed by atoms with Gasteiger partial charge in [0.2, 0.25) is 15.9 Å². The molecule has 1 aliphatic heterocycles. The van der Waals surface area contributed by atoms with E-state index in [0.29, 0.717) is 37.5 Å². The van der Waals surface area contributed by atoms with Crippen molar-refractivity contribution in [1.29, 1.82) is 0 Å². The van der Waals surface area contributed by atoms with E-state index >= 15 is 0 Å². The summed E-state index contributed by atoms with van der Waals surface area (Å²) in [7, 11) is -2.15. The standard InChI is InChI=1S/C18H26N2O4S/c1-13-11-14(2)17(16(12-13)24-3)25(22,23)20-9-7-19(8-10-20)18(21)15-5-4-6-15/h11-12,15H,4-10H2,1-3H3. The molecular formula is C18H26N2O4S. The lowest BCUT2D eigenvalue weighted by molar-refractivity contribution is -0.139. The minimum Gasteiger partial charge on any atom is -0.495 e. The minimum absolute atomic E-state index is 0.155. The fourth-order valence-electron chi connectivity index (χ4n) is 3.59. The van der Waals surface area contributed by atoms with Crippen molar-refractivity contribution in [2.45, 2.75) is 38.0 Å². The summed E-state index contributed by atoms with van der Waals surface area (Å²) in [5.41, 5.74) is 1.65. The van der Waals surface area contributed by atoms with Crippen molar-refractivity contribution in [2.75, 3.05) is 33.3 Å². The number of carbonyl (C=O) groups is 1. The van der Waals surface area contributed by atoms with Gasteiger partial charge in [-0.25, -0.2) is 8.42 Å². The van der Waals surface area contributed by atoms with Crippen LogP contribution in [0.3, 0.4) is 0 Å². The second-order valence-corrected chi connectivity index (χ2v) is 8.85. The summed E-state index contributed by atoms with van der Waals surface area (Å²) in [5, 5.41) is 0. The SMILES string of the molecule is COc1cc(C)cc(C)c1S(=O)(=O)N1CCN(C(=O)C2CCC2)CC1. The third kappa shape index (κ3) is 3.40. The number of piperazine rings is 1. The van der Waals surface area contributed by atoms with Crippen molar-refractivity contribution in [3.8, 4) is 5.75 Å². The number of sulfonamides is 1. The van der Waals surface area contributed by atoms with Gasteiger partial charge in [-0.15, -0.1) is 0 Å². The van der Waals surface area contributed by atoms with Crippen molar-refractivity contribution in [1.82, 2.24) is 9.21 Å². The maximum absolute atomic E-state index is 13.1. The number of carbonyl (C=O) groups excluding carboxylic acids is 1. The van der Waals surface area contributed by atoms with Crippen molar-refractivity contribution in [3.63, 3.8) is 0 Å². The Kier molecular flexibility index (Phi) is 5.06. The zero-order valence-corrected chi connectivity index (χ0v) is 15.9. The van der Waals surface area contributed by atoms with E-state index in [1.165, 1.54) is 11.4 Å². The van der Waals surface area contributed by atoms with E-state index in [0.717, 1.165) is 24.8 Å². The molecule has 1 amide bonds. The summed E-state index contributed by atoms with van der Waals surface area (Å²) in [4.78, 5) is 14.4. The van der Waals surface area contributed by atoms with E-state index in [4.69, 9.17) is 4.74 Å². The molecule has 7 heteroatoms. The van der Waals surface area contributed by atoms with E-state index in [9.17, 15) is 13.2 Å². The summed E-state index contributed by atoms with van der Waals surface area (Å²) in [6.07, 6.45) is 3.06. The van der Waals surface area contributed by atoms with Crippen LogP contribution in [0.25, 0.3) is 0 Å². The highest BCUT2D eigenvalue weighted by Gasteiger charge is 2.36. The number of amides is 1. The zero-order chi connectivity index (χ0) is 18.2. The Labute approximate surface area is 149 Å². The summed E-state index contributed by atoms with van der Waals surface area (Å²) < 4.78 is 33.0. The highest BCUT2D eigenvalue weighted by Crippen LogP contribution is 2.32. The highest BCUT2D eigenvalue weighted by atomic mass is 32.2. The molecule has 138 valence electrons. The molecule has 1 saturated carbocycles. The van der Waals surface area contributed by atoms with E-state index in [2.05, 4.69) is 0 Å². The molecule has 25 heavy (non-hydrogen) atoms. The van der Waals surface area contributed by atoms with E-state index in [1.54, 1.807) is 13.0 Å². The first-order chi connectivity index (χ1) is 11.8. The fourth-order valence-corrected chi connectivity index (χ4v) is 5.35. The first-order valence-electron chi connectivity index (χ1n) is 8.78. The zero-order valence-electron chi connectivity index (χ0n) is 15.1. The molecule has 0 aromatic heterocycles. The van der Waals surface area contributed by atoms with Crippen LogP contribution in [-0.4, -0.2) is 56.8 Å². The number of hydrogen-bond acceptors (Lipinski definition) is 4. The van der Waals surface area contributed by atoms with Gasteiger partial charge in [-0.05, 0) is 43.9 Å². The third-order valence-electron chi connectivity index (χ3n) is 5.21. The molecule has 0 bridgehead atoms. The van der Waals surface area contributed by atoms with Crippen LogP contribution >= 0.6 is 0 Å². The smallest absolute Gasteiger partial charge is 0.247 e. The molecular weight excluding hydrogens is 340 g/mol. The van der Waals surface area contributed by atoms with Crippen LogP contribution in [0, 0.1) is 19.8 Å². The molecule has 1 saturated heterocycles. The van der Waals surface area contributed by atoms with Crippen LogP contribution in [0.15, 0.2) is 17.0 Å². The minimum atomic E-state index is -3.64. The first kappa shape index (κ1) is 18.2. The monoisotopic (exact) mass is 366 g/mol. The Morgan fingerprint density at radius 1 is 1.12 bits per heavy atom. The summed E-state index contributed by atoms with van der Waals surface area (Å²) in [5.74, 6) is 0.723. The van der Waals surface area contributed by atoms with Crippen LogP contribution in [0.5, 0.6) is 5.75 Å². The molecule has 6 nitrogen and oxygen atoms in total. The molecule has 0 unspecified atom stereocenters. The quantitative estimate of drug-likeness (QED) is 0.817. The first-order valence-corrected chi connectivity index (χ1v) is 10.2. The normalized spacial score (nSPS) is 19.6. The number of aryl methyl sites for hydroxylation is 2. The molecule has 1 aromatic carbocycles. The van der Waals surface area contributed by atoms with Crippen molar-refractivity contribution in [3.05, 3.63) is 23.3 Å². The topological polar surface area (TPSA) is 66.9 Å². The number of benzene rings is 1. The van der Waals surface area contributed by atoms with Crippen molar-refractivity contribution in [2.24, 2.45) is 5.92 Å². The molecule has 1 aliphatic carbocycles. The molecule has 1 aromatic rings. The Bertz CT molecular complexity index is 764. The number of methoxy groups -OCH3 is 1. The summed E-state index contributed by atoms with van der Waals surface area (Å²) >= 11 is 0. The number of ether oxygens (including phenoxy) is 1. The van der Waals surface area contributed by atoms with Crippen LogP contribution < -0.4 is 4.74 Å². The van der Waals surface area contributed by atoms with Gasteiger partial charge in [0.05, 0.1) is 7.11 Å². The van der Waals surface area contributed by atoms with Gasteiger partial charge in [0, 0.05) is 32.1 Å². The highest BCUT2D eigenvalue weighted by molar-refractivity contribution is 7.89. The molecule has 1 heterocycles. The van der Waals surface area contributed by atoms with Gasteiger partial charge in [0.1, 0.15) is 10.6 Å². The van der Waals surface area contributed by atoms with Crippen molar-refractivity contribution < 1.29 is 17.9 Å². The Morgan fingerprint density at radius 2 is 1.76 bits per heavy atom. The average Bonchev–Trinajstić information content (AvgIpc) is 2.52. The number of nitrogens with zero attached hydrogens (tertiary/aromatic N) is 2. The predicted octanol–water partition coefficient (Wildman–Crippen LogP) is 1.95. The van der Waals surface area contributed by atoms with Gasteiger partial charge < -0.3 is 9.64 Å². The van der Waals surface area contributed by atoms with Gasteiger partial charge in [0.15, 0.2) is 0 Å². The van der Waals surface area contributed by atoms with Gasteiger partial charge in [0.25, 0.3) is 0 Å². The summed E-state index contributed by atoms with van der Waals surface area (Å²) in [6.45, 7) is 5.29. The largest absolute Gasteiger partial charge is 0.495 e. The Morgan fingerprint density at radius 3 is 2.28 bits per heavy atom. The van der Waals surface area contributed by atoms with Crippen LogP contribution in [0.2, 0.25) is 0 Å². The lowest BCUT2D eigenvalue weighted by Crippen LogP contribution is -2.52. The van der Waals surface area contributed by atoms with Crippen LogP contribution in [0.4, 0.5) is 0 Å². The molecule has 0 atom stereocenters. The summed E-state index contributed by atoms with van der Waals surface area (Å²) in [6, 6.07) is 3.60. The maximum Gasteiger partial charge on any atom is 0.247 e. The molecule has 2 fully saturated rings. The molecule has 0 radical (unpaired) electrons. The third-order valence-corrected chi connectivity index (χ3v) is 7.29. The lowest BCUT2D eigenvalue weighted by Gasteiger charge is -2.37. The van der Waals surface area contributed by atoms with E-state index in [1.807, 2.05) is 17.9 Å². The second kappa shape index (κ2) is 6.96. The number of rotatable bonds is 4. The predicted molar refractivity (Wildman–Crippen MR) is 95.1 cm³/mol. The lowest BCUT2D eigenvalue weighted by atomic mass is 9.84. The average molecular weight is 366 g/mol. The molecule has 3 rings (SSSR count). The van der Waals surface area contributed by atoms with Crippen LogP contribution in [-0.2, 0) is 14.8 Å². The van der Waals surface area contributed by atoms with Crippen molar-refractivity contribution >= 4 is 15.9 Å². The van der Waals surface area contributed by atoms with Gasteiger partial charge in [-0.2, -0.15) is 4.31 Å². The molecule has 0 N–H and O–H groups in total. The Hall–Kier alpha value is -1.60. The number of hydrogen-bond donors (Lipinski definition) is 0.